The number of methoxy groups -OCH3 is 2. The Labute approximate surface area is 157 Å². The summed E-state index contributed by atoms with van der Waals surface area (Å²) in [7, 11) is 2.49. The molecule has 0 aliphatic rings. The van der Waals surface area contributed by atoms with Crippen molar-refractivity contribution in [3.05, 3.63) is 65.2 Å². The fourth-order valence-corrected chi connectivity index (χ4v) is 2.48. The quantitative estimate of drug-likeness (QED) is 0.728. The van der Waals surface area contributed by atoms with Crippen molar-refractivity contribution in [2.75, 3.05) is 26.1 Å². The number of carbonyl (C=O) groups is 3. The summed E-state index contributed by atoms with van der Waals surface area (Å²) in [6.45, 7) is 1.97. The van der Waals surface area contributed by atoms with Crippen LogP contribution in [0, 0.1) is 0 Å². The van der Waals surface area contributed by atoms with Crippen LogP contribution in [0.5, 0.6) is 0 Å². The van der Waals surface area contributed by atoms with E-state index in [1.807, 2.05) is 37.3 Å². The van der Waals surface area contributed by atoms with Gasteiger partial charge in [0.2, 0.25) is 5.91 Å². The maximum Gasteiger partial charge on any atom is 0.339 e. The summed E-state index contributed by atoms with van der Waals surface area (Å²) in [5.41, 5.74) is 1.60. The highest BCUT2D eigenvalue weighted by atomic mass is 16.5. The van der Waals surface area contributed by atoms with Crippen LogP contribution < -0.4 is 10.6 Å². The second-order valence-corrected chi connectivity index (χ2v) is 5.80. The molecule has 0 spiro atoms. The van der Waals surface area contributed by atoms with Gasteiger partial charge >= 0.3 is 11.9 Å². The fourth-order valence-electron chi connectivity index (χ4n) is 2.48. The Morgan fingerprint density at radius 3 is 2.26 bits per heavy atom. The molecule has 1 atom stereocenters. The molecule has 7 nitrogen and oxygen atoms in total. The van der Waals surface area contributed by atoms with Crippen molar-refractivity contribution in [3.63, 3.8) is 0 Å². The number of hydrogen-bond donors (Lipinski definition) is 2. The molecule has 0 radical (unpaired) electrons. The predicted octanol–water partition coefficient (Wildman–Crippen LogP) is 2.55. The molecule has 0 unspecified atom stereocenters. The van der Waals surface area contributed by atoms with Gasteiger partial charge in [-0.3, -0.25) is 4.79 Å². The Hall–Kier alpha value is -3.19. The van der Waals surface area contributed by atoms with E-state index in [0.717, 1.165) is 5.56 Å². The third-order valence-corrected chi connectivity index (χ3v) is 3.99. The summed E-state index contributed by atoms with van der Waals surface area (Å²) in [6.07, 6.45) is 0. The van der Waals surface area contributed by atoms with Crippen molar-refractivity contribution in [2.24, 2.45) is 0 Å². The summed E-state index contributed by atoms with van der Waals surface area (Å²) < 4.78 is 9.39. The highest BCUT2D eigenvalue weighted by Crippen LogP contribution is 2.20. The number of carbonyl (C=O) groups excluding carboxylic acids is 3. The topological polar surface area (TPSA) is 93.7 Å². The van der Waals surface area contributed by atoms with Gasteiger partial charge in [0.15, 0.2) is 0 Å². The van der Waals surface area contributed by atoms with Crippen LogP contribution in [0.3, 0.4) is 0 Å². The van der Waals surface area contributed by atoms with Gasteiger partial charge in [-0.05, 0) is 30.7 Å². The predicted molar refractivity (Wildman–Crippen MR) is 101 cm³/mol. The maximum absolute atomic E-state index is 12.3. The molecule has 2 rings (SSSR count). The van der Waals surface area contributed by atoms with Crippen molar-refractivity contribution < 1.29 is 23.9 Å². The summed E-state index contributed by atoms with van der Waals surface area (Å²) >= 11 is 0. The Morgan fingerprint density at radius 2 is 1.63 bits per heavy atom. The Bertz CT molecular complexity index is 820. The fraction of sp³-hybridized carbons (Fsp3) is 0.250. The lowest BCUT2D eigenvalue weighted by Crippen LogP contribution is -2.30. The molecule has 27 heavy (non-hydrogen) atoms. The van der Waals surface area contributed by atoms with Crippen LogP contribution in [-0.2, 0) is 14.3 Å². The third kappa shape index (κ3) is 5.39. The summed E-state index contributed by atoms with van der Waals surface area (Å²) in [6, 6.07) is 13.9. The van der Waals surface area contributed by atoms with E-state index in [2.05, 4.69) is 15.4 Å². The molecule has 0 aromatic heterocycles. The molecule has 7 heteroatoms. The molecule has 1 amide bonds. The minimum absolute atomic E-state index is 0.0269. The summed E-state index contributed by atoms with van der Waals surface area (Å²) in [5, 5.41) is 5.75. The molecule has 0 saturated carbocycles. The number of anilines is 1. The van der Waals surface area contributed by atoms with Gasteiger partial charge in [-0.25, -0.2) is 9.59 Å². The van der Waals surface area contributed by atoms with Gasteiger partial charge in [-0.15, -0.1) is 0 Å². The van der Waals surface area contributed by atoms with E-state index in [9.17, 15) is 14.4 Å². The van der Waals surface area contributed by atoms with E-state index in [0.29, 0.717) is 0 Å². The van der Waals surface area contributed by atoms with Crippen molar-refractivity contribution in [2.45, 2.75) is 13.0 Å². The minimum atomic E-state index is -0.618. The molecule has 0 aliphatic carbocycles. The van der Waals surface area contributed by atoms with Gasteiger partial charge < -0.3 is 20.1 Å². The van der Waals surface area contributed by atoms with E-state index in [1.54, 1.807) is 0 Å². The largest absolute Gasteiger partial charge is 0.465 e. The molecule has 0 aliphatic heterocycles. The lowest BCUT2D eigenvalue weighted by molar-refractivity contribution is -0.115. The summed E-state index contributed by atoms with van der Waals surface area (Å²) in [4.78, 5) is 35.9. The molecule has 0 fully saturated rings. The van der Waals surface area contributed by atoms with Crippen molar-refractivity contribution in [1.82, 2.24) is 5.32 Å². The Balaban J connectivity index is 2.10. The highest BCUT2D eigenvalue weighted by molar-refractivity contribution is 6.03. The third-order valence-electron chi connectivity index (χ3n) is 3.99. The van der Waals surface area contributed by atoms with Crippen LogP contribution >= 0.6 is 0 Å². The van der Waals surface area contributed by atoms with Crippen molar-refractivity contribution in [3.8, 4) is 0 Å². The standard InChI is InChI=1S/C20H22N2O5/c1-13(14-7-5-4-6-8-14)21-12-18(23)22-17-11-15(19(24)26-2)9-10-16(17)20(25)27-3/h4-11,13,21H,12H2,1-3H3,(H,22,23)/t13-/m1/s1. The van der Waals surface area contributed by atoms with Gasteiger partial charge in [-0.1, -0.05) is 30.3 Å². The highest BCUT2D eigenvalue weighted by Gasteiger charge is 2.17. The van der Waals surface area contributed by atoms with E-state index in [4.69, 9.17) is 4.74 Å². The molecule has 0 saturated heterocycles. The average molecular weight is 370 g/mol. The molecule has 142 valence electrons. The normalized spacial score (nSPS) is 11.4. The maximum atomic E-state index is 12.3. The van der Waals surface area contributed by atoms with Crippen LogP contribution in [0.2, 0.25) is 0 Å². The first-order valence-corrected chi connectivity index (χ1v) is 8.35. The minimum Gasteiger partial charge on any atom is -0.465 e. The SMILES string of the molecule is COC(=O)c1ccc(C(=O)OC)c(NC(=O)CN[C@H](C)c2ccccc2)c1. The number of nitrogens with one attached hydrogen (secondary N) is 2. The number of amides is 1. The zero-order valence-electron chi connectivity index (χ0n) is 15.4. The van der Waals surface area contributed by atoms with E-state index in [1.165, 1.54) is 32.4 Å². The first-order chi connectivity index (χ1) is 13.0. The molecule has 2 aromatic rings. The first-order valence-electron chi connectivity index (χ1n) is 8.35. The van der Waals surface area contributed by atoms with Crippen LogP contribution in [-0.4, -0.2) is 38.6 Å². The molecule has 2 N–H and O–H groups in total. The van der Waals surface area contributed by atoms with Gasteiger partial charge in [-0.2, -0.15) is 0 Å². The van der Waals surface area contributed by atoms with Gasteiger partial charge in [0.25, 0.3) is 0 Å². The number of benzene rings is 2. The Kier molecular flexibility index (Phi) is 7.08. The lowest BCUT2D eigenvalue weighted by atomic mass is 10.1. The molecule has 2 aromatic carbocycles. The number of esters is 2. The van der Waals surface area contributed by atoms with Gasteiger partial charge in [0.05, 0.1) is 37.6 Å². The van der Waals surface area contributed by atoms with Crippen molar-refractivity contribution in [1.29, 1.82) is 0 Å². The second kappa shape index (κ2) is 9.49. The number of ether oxygens (including phenoxy) is 2. The molecule has 0 heterocycles. The van der Waals surface area contributed by atoms with E-state index < -0.39 is 11.9 Å². The number of rotatable bonds is 7. The molecular formula is C20H22N2O5. The Morgan fingerprint density at radius 1 is 0.963 bits per heavy atom. The van der Waals surface area contributed by atoms with Crippen LogP contribution in [0.15, 0.2) is 48.5 Å². The number of hydrogen-bond acceptors (Lipinski definition) is 6. The van der Waals surface area contributed by atoms with E-state index in [-0.39, 0.29) is 35.3 Å². The van der Waals surface area contributed by atoms with Gasteiger partial charge in [0, 0.05) is 6.04 Å². The smallest absolute Gasteiger partial charge is 0.339 e. The molecular weight excluding hydrogens is 348 g/mol. The van der Waals surface area contributed by atoms with Crippen LogP contribution in [0.4, 0.5) is 5.69 Å². The van der Waals surface area contributed by atoms with Crippen LogP contribution in [0.1, 0.15) is 39.2 Å². The first kappa shape index (κ1) is 20.1. The average Bonchev–Trinajstić information content (AvgIpc) is 2.71. The molecule has 0 bridgehead atoms. The second-order valence-electron chi connectivity index (χ2n) is 5.80. The zero-order valence-corrected chi connectivity index (χ0v) is 15.4. The lowest BCUT2D eigenvalue weighted by Gasteiger charge is -2.15. The monoisotopic (exact) mass is 370 g/mol. The van der Waals surface area contributed by atoms with Crippen molar-refractivity contribution >= 4 is 23.5 Å². The van der Waals surface area contributed by atoms with Crippen LogP contribution in [0.25, 0.3) is 0 Å². The van der Waals surface area contributed by atoms with Gasteiger partial charge in [0.1, 0.15) is 0 Å². The van der Waals surface area contributed by atoms with E-state index >= 15 is 0 Å². The summed E-state index contributed by atoms with van der Waals surface area (Å²) in [5.74, 6) is -1.55. The zero-order chi connectivity index (χ0) is 19.8.